The standard InChI is InChI=1S/C14H22N2O9/c17-11(24-15-1-5-22-6-2-15)9-14(21,13(19)20)10-12(18)25-16-3-7-23-8-4-16/h21H,1-10H2,(H,19,20). The van der Waals surface area contributed by atoms with E-state index in [1.165, 1.54) is 10.1 Å². The fourth-order valence-electron chi connectivity index (χ4n) is 2.32. The molecule has 0 radical (unpaired) electrons. The number of hydrogen-bond acceptors (Lipinski definition) is 10. The van der Waals surface area contributed by atoms with Crippen molar-refractivity contribution in [3.63, 3.8) is 0 Å². The van der Waals surface area contributed by atoms with E-state index in [0.717, 1.165) is 0 Å². The number of aliphatic carboxylic acids is 1. The first kappa shape index (κ1) is 19.5. The van der Waals surface area contributed by atoms with Crippen molar-refractivity contribution in [2.45, 2.75) is 18.4 Å². The average molecular weight is 362 g/mol. The quantitative estimate of drug-likeness (QED) is 0.529. The van der Waals surface area contributed by atoms with Gasteiger partial charge in [-0.2, -0.15) is 0 Å². The zero-order valence-electron chi connectivity index (χ0n) is 13.7. The Labute approximate surface area is 143 Å². The molecular weight excluding hydrogens is 340 g/mol. The van der Waals surface area contributed by atoms with E-state index in [1.807, 2.05) is 0 Å². The zero-order chi connectivity index (χ0) is 18.3. The molecule has 0 unspecified atom stereocenters. The van der Waals surface area contributed by atoms with E-state index in [1.54, 1.807) is 0 Å². The molecule has 2 fully saturated rings. The third kappa shape index (κ3) is 6.21. The number of ether oxygens (including phenoxy) is 2. The second-order valence-corrected chi connectivity index (χ2v) is 5.70. The predicted molar refractivity (Wildman–Crippen MR) is 78.8 cm³/mol. The Morgan fingerprint density at radius 3 is 1.52 bits per heavy atom. The number of carbonyl (C=O) groups excluding carboxylic acids is 2. The maximum atomic E-state index is 11.9. The Balaban J connectivity index is 1.86. The molecule has 2 N–H and O–H groups in total. The lowest BCUT2D eigenvalue weighted by molar-refractivity contribution is -0.217. The molecule has 0 atom stereocenters. The normalized spacial score (nSPS) is 20.0. The van der Waals surface area contributed by atoms with Crippen LogP contribution < -0.4 is 0 Å². The minimum absolute atomic E-state index is 0.344. The highest BCUT2D eigenvalue weighted by atomic mass is 16.7. The second-order valence-electron chi connectivity index (χ2n) is 5.70. The van der Waals surface area contributed by atoms with Gasteiger partial charge in [0.2, 0.25) is 0 Å². The molecule has 2 rings (SSSR count). The topological polar surface area (TPSA) is 135 Å². The first-order valence-corrected chi connectivity index (χ1v) is 7.92. The minimum atomic E-state index is -2.60. The molecule has 11 heteroatoms. The van der Waals surface area contributed by atoms with Crippen molar-refractivity contribution in [2.75, 3.05) is 52.6 Å². The molecular formula is C14H22N2O9. The Kier molecular flexibility index (Phi) is 7.08. The molecule has 142 valence electrons. The van der Waals surface area contributed by atoms with Crippen LogP contribution >= 0.6 is 0 Å². The molecule has 2 aliphatic heterocycles. The van der Waals surface area contributed by atoms with Crippen molar-refractivity contribution in [3.05, 3.63) is 0 Å². The predicted octanol–water partition coefficient (Wildman–Crippen LogP) is -1.84. The molecule has 0 saturated carbocycles. The first-order chi connectivity index (χ1) is 11.9. The number of carbonyl (C=O) groups is 3. The molecule has 25 heavy (non-hydrogen) atoms. The number of aliphatic hydroxyl groups is 1. The average Bonchev–Trinajstić information content (AvgIpc) is 2.56. The van der Waals surface area contributed by atoms with Gasteiger partial charge in [-0.1, -0.05) is 0 Å². The molecule has 2 aliphatic rings. The summed E-state index contributed by atoms with van der Waals surface area (Å²) in [5.74, 6) is -3.61. The van der Waals surface area contributed by atoms with E-state index in [9.17, 15) is 24.6 Å². The first-order valence-electron chi connectivity index (χ1n) is 7.92. The zero-order valence-corrected chi connectivity index (χ0v) is 13.7. The van der Waals surface area contributed by atoms with Gasteiger partial charge in [0.25, 0.3) is 0 Å². The van der Waals surface area contributed by atoms with Gasteiger partial charge in [0.1, 0.15) is 0 Å². The van der Waals surface area contributed by atoms with Gasteiger partial charge in [0.15, 0.2) is 5.60 Å². The van der Waals surface area contributed by atoms with Gasteiger partial charge in [0, 0.05) is 0 Å². The summed E-state index contributed by atoms with van der Waals surface area (Å²) in [6.07, 6.45) is -1.75. The van der Waals surface area contributed by atoms with E-state index >= 15 is 0 Å². The van der Waals surface area contributed by atoms with E-state index in [4.69, 9.17) is 19.1 Å². The van der Waals surface area contributed by atoms with Gasteiger partial charge >= 0.3 is 17.9 Å². The SMILES string of the molecule is O=C(CC(O)(CC(=O)ON1CCOCC1)C(=O)O)ON1CCOCC1. The van der Waals surface area contributed by atoms with Gasteiger partial charge in [-0.25, -0.2) is 4.79 Å². The maximum Gasteiger partial charge on any atom is 0.336 e. The Hall–Kier alpha value is -1.79. The van der Waals surface area contributed by atoms with Crippen LogP contribution in [0.15, 0.2) is 0 Å². The molecule has 0 aromatic rings. The molecule has 0 aromatic heterocycles. The summed E-state index contributed by atoms with van der Waals surface area (Å²) in [5, 5.41) is 22.0. The van der Waals surface area contributed by atoms with Crippen LogP contribution in [0.4, 0.5) is 0 Å². The summed E-state index contributed by atoms with van der Waals surface area (Å²) >= 11 is 0. The van der Waals surface area contributed by atoms with Crippen LogP contribution in [0.25, 0.3) is 0 Å². The number of carboxylic acids is 1. The van der Waals surface area contributed by atoms with Crippen LogP contribution in [0.1, 0.15) is 12.8 Å². The smallest absolute Gasteiger partial charge is 0.336 e. The van der Waals surface area contributed by atoms with Crippen molar-refractivity contribution < 1.29 is 43.7 Å². The summed E-state index contributed by atoms with van der Waals surface area (Å²) in [7, 11) is 0. The van der Waals surface area contributed by atoms with Crippen molar-refractivity contribution in [1.29, 1.82) is 0 Å². The lowest BCUT2D eigenvalue weighted by Gasteiger charge is -2.28. The van der Waals surface area contributed by atoms with E-state index in [-0.39, 0.29) is 0 Å². The lowest BCUT2D eigenvalue weighted by atomic mass is 9.96. The number of carboxylic acid groups (broad SMARTS) is 1. The molecule has 2 saturated heterocycles. The lowest BCUT2D eigenvalue weighted by Crippen LogP contribution is -2.46. The van der Waals surface area contributed by atoms with Crippen LogP contribution in [0.3, 0.4) is 0 Å². The van der Waals surface area contributed by atoms with E-state index < -0.39 is 36.4 Å². The summed E-state index contributed by atoms with van der Waals surface area (Å²) in [6, 6.07) is 0. The number of hydrogen-bond donors (Lipinski definition) is 2. The van der Waals surface area contributed by atoms with Gasteiger partial charge in [0.05, 0.1) is 65.4 Å². The van der Waals surface area contributed by atoms with Crippen LogP contribution in [-0.4, -0.2) is 96.5 Å². The fourth-order valence-corrected chi connectivity index (χ4v) is 2.32. The molecule has 11 nitrogen and oxygen atoms in total. The molecule has 0 spiro atoms. The number of hydroxylamine groups is 4. The van der Waals surface area contributed by atoms with E-state index in [2.05, 4.69) is 0 Å². The minimum Gasteiger partial charge on any atom is -0.479 e. The van der Waals surface area contributed by atoms with Crippen LogP contribution in [0.2, 0.25) is 0 Å². The Morgan fingerprint density at radius 1 is 0.840 bits per heavy atom. The molecule has 0 aliphatic carbocycles. The van der Waals surface area contributed by atoms with Crippen molar-refractivity contribution >= 4 is 17.9 Å². The van der Waals surface area contributed by atoms with Crippen molar-refractivity contribution in [1.82, 2.24) is 10.1 Å². The van der Waals surface area contributed by atoms with Crippen LogP contribution in [0.5, 0.6) is 0 Å². The van der Waals surface area contributed by atoms with Gasteiger partial charge in [-0.05, 0) is 0 Å². The summed E-state index contributed by atoms with van der Waals surface area (Å²) in [4.78, 5) is 45.1. The van der Waals surface area contributed by atoms with Gasteiger partial charge < -0.3 is 29.4 Å². The number of morpholine rings is 2. The molecule has 0 bridgehead atoms. The number of rotatable bonds is 7. The maximum absolute atomic E-state index is 11.9. The van der Waals surface area contributed by atoms with Crippen LogP contribution in [-0.2, 0) is 33.5 Å². The van der Waals surface area contributed by atoms with Crippen molar-refractivity contribution in [2.24, 2.45) is 0 Å². The summed E-state index contributed by atoms with van der Waals surface area (Å²) < 4.78 is 10.2. The fraction of sp³-hybridized carbons (Fsp3) is 0.786. The Bertz CT molecular complexity index is 453. The molecule has 0 aromatic carbocycles. The van der Waals surface area contributed by atoms with E-state index in [0.29, 0.717) is 52.6 Å². The largest absolute Gasteiger partial charge is 0.479 e. The third-order valence-corrected chi connectivity index (χ3v) is 3.67. The highest BCUT2D eigenvalue weighted by Gasteiger charge is 2.43. The van der Waals surface area contributed by atoms with Gasteiger partial charge in [-0.15, -0.1) is 10.1 Å². The van der Waals surface area contributed by atoms with Gasteiger partial charge in [-0.3, -0.25) is 9.59 Å². The van der Waals surface area contributed by atoms with Crippen molar-refractivity contribution in [3.8, 4) is 0 Å². The number of nitrogens with zero attached hydrogens (tertiary/aromatic N) is 2. The molecule has 0 amide bonds. The van der Waals surface area contributed by atoms with Crippen LogP contribution in [0, 0.1) is 0 Å². The monoisotopic (exact) mass is 362 g/mol. The summed E-state index contributed by atoms with van der Waals surface area (Å²) in [5.41, 5.74) is -2.60. The third-order valence-electron chi connectivity index (χ3n) is 3.67. The highest BCUT2D eigenvalue weighted by Crippen LogP contribution is 2.19. The summed E-state index contributed by atoms with van der Waals surface area (Å²) in [6.45, 7) is 2.88. The highest BCUT2D eigenvalue weighted by molar-refractivity contribution is 5.88. The second kappa shape index (κ2) is 9.06. The molecule has 2 heterocycles. The Morgan fingerprint density at radius 2 is 1.20 bits per heavy atom.